The molecule has 2 rings (SSSR count). The molecule has 0 radical (unpaired) electrons. The number of amides is 1. The zero-order valence-electron chi connectivity index (χ0n) is 9.45. The predicted octanol–water partition coefficient (Wildman–Crippen LogP) is 2.45. The van der Waals surface area contributed by atoms with Crippen LogP contribution in [-0.2, 0) is 4.74 Å². The number of halogens is 2. The number of benzene rings is 1. The molecule has 3 nitrogen and oxygen atoms in total. The van der Waals surface area contributed by atoms with Crippen LogP contribution in [0.1, 0.15) is 17.3 Å². The minimum absolute atomic E-state index is 0.00270. The third kappa shape index (κ3) is 2.84. The number of carbonyl (C=O) groups excluding carboxylic acids is 1. The van der Waals surface area contributed by atoms with Gasteiger partial charge in [0.1, 0.15) is 5.82 Å². The second-order valence-electron chi connectivity index (χ2n) is 4.06. The molecule has 1 fully saturated rings. The van der Waals surface area contributed by atoms with Gasteiger partial charge in [-0.25, -0.2) is 4.39 Å². The smallest absolute Gasteiger partial charge is 0.257 e. The van der Waals surface area contributed by atoms with E-state index in [-0.39, 0.29) is 17.6 Å². The molecular formula is C12H13BrFNO2. The van der Waals surface area contributed by atoms with Crippen LogP contribution in [0.15, 0.2) is 22.7 Å². The van der Waals surface area contributed by atoms with Crippen molar-refractivity contribution in [1.29, 1.82) is 0 Å². The van der Waals surface area contributed by atoms with Gasteiger partial charge in [0.05, 0.1) is 18.3 Å². The predicted molar refractivity (Wildman–Crippen MR) is 65.4 cm³/mol. The highest BCUT2D eigenvalue weighted by atomic mass is 79.9. The van der Waals surface area contributed by atoms with E-state index in [1.807, 2.05) is 6.92 Å². The Morgan fingerprint density at radius 1 is 1.59 bits per heavy atom. The molecule has 17 heavy (non-hydrogen) atoms. The normalized spacial score (nSPS) is 20.4. The lowest BCUT2D eigenvalue weighted by Crippen LogP contribution is -2.44. The van der Waals surface area contributed by atoms with Crippen LogP contribution >= 0.6 is 15.9 Å². The summed E-state index contributed by atoms with van der Waals surface area (Å²) in [4.78, 5) is 13.8. The molecule has 0 aliphatic carbocycles. The van der Waals surface area contributed by atoms with Crippen molar-refractivity contribution < 1.29 is 13.9 Å². The Labute approximate surface area is 108 Å². The second kappa shape index (κ2) is 5.14. The van der Waals surface area contributed by atoms with Crippen molar-refractivity contribution in [3.8, 4) is 0 Å². The van der Waals surface area contributed by atoms with Crippen LogP contribution in [0.25, 0.3) is 0 Å². The van der Waals surface area contributed by atoms with Gasteiger partial charge in [0, 0.05) is 17.6 Å². The van der Waals surface area contributed by atoms with Gasteiger partial charge < -0.3 is 9.64 Å². The summed E-state index contributed by atoms with van der Waals surface area (Å²) in [6.07, 6.45) is 0.00270. The SMILES string of the molecule is C[C@H]1CN(C(=O)c2cc(Br)ccc2F)CCO1. The first kappa shape index (κ1) is 12.5. The van der Waals surface area contributed by atoms with Crippen LogP contribution in [0.2, 0.25) is 0 Å². The summed E-state index contributed by atoms with van der Waals surface area (Å²) in [7, 11) is 0. The number of morpholine rings is 1. The quantitative estimate of drug-likeness (QED) is 0.797. The molecule has 1 aliphatic rings. The lowest BCUT2D eigenvalue weighted by atomic mass is 10.1. The van der Waals surface area contributed by atoms with Gasteiger partial charge in [0.2, 0.25) is 0 Å². The van der Waals surface area contributed by atoms with E-state index in [1.165, 1.54) is 12.1 Å². The Bertz CT molecular complexity index is 439. The fourth-order valence-electron chi connectivity index (χ4n) is 1.83. The van der Waals surface area contributed by atoms with E-state index < -0.39 is 5.82 Å². The lowest BCUT2D eigenvalue weighted by Gasteiger charge is -2.31. The number of carbonyl (C=O) groups is 1. The minimum Gasteiger partial charge on any atom is -0.375 e. The molecule has 0 aromatic heterocycles. The highest BCUT2D eigenvalue weighted by Crippen LogP contribution is 2.18. The van der Waals surface area contributed by atoms with Crippen LogP contribution in [0.4, 0.5) is 4.39 Å². The molecule has 1 aliphatic heterocycles. The third-order valence-corrected chi connectivity index (χ3v) is 3.18. The number of nitrogens with zero attached hydrogens (tertiary/aromatic N) is 1. The summed E-state index contributed by atoms with van der Waals surface area (Å²) in [5.41, 5.74) is 0.105. The van der Waals surface area contributed by atoms with Crippen molar-refractivity contribution in [3.05, 3.63) is 34.1 Å². The lowest BCUT2D eigenvalue weighted by molar-refractivity contribution is -0.0125. The number of ether oxygens (including phenoxy) is 1. The Morgan fingerprint density at radius 3 is 3.06 bits per heavy atom. The molecule has 92 valence electrons. The highest BCUT2D eigenvalue weighted by molar-refractivity contribution is 9.10. The average molecular weight is 302 g/mol. The number of rotatable bonds is 1. The van der Waals surface area contributed by atoms with Gasteiger partial charge >= 0.3 is 0 Å². The Hall–Kier alpha value is -0.940. The molecular weight excluding hydrogens is 289 g/mol. The molecule has 1 atom stereocenters. The van der Waals surface area contributed by atoms with Gasteiger partial charge in [0.25, 0.3) is 5.91 Å². The van der Waals surface area contributed by atoms with Crippen LogP contribution in [0.5, 0.6) is 0 Å². The molecule has 0 saturated carbocycles. The van der Waals surface area contributed by atoms with Gasteiger partial charge in [-0.05, 0) is 25.1 Å². The van der Waals surface area contributed by atoms with E-state index in [2.05, 4.69) is 15.9 Å². The summed E-state index contributed by atoms with van der Waals surface area (Å²) >= 11 is 3.24. The van der Waals surface area contributed by atoms with Crippen molar-refractivity contribution in [2.24, 2.45) is 0 Å². The van der Waals surface area contributed by atoms with E-state index in [9.17, 15) is 9.18 Å². The molecule has 0 N–H and O–H groups in total. The standard InChI is InChI=1S/C12H13BrFNO2/c1-8-7-15(4-5-17-8)12(16)10-6-9(13)2-3-11(10)14/h2-3,6,8H,4-5,7H2,1H3/t8-/m0/s1. The van der Waals surface area contributed by atoms with Crippen molar-refractivity contribution in [1.82, 2.24) is 4.90 Å². The van der Waals surface area contributed by atoms with Crippen LogP contribution in [0, 0.1) is 5.82 Å². The van der Waals surface area contributed by atoms with Crippen molar-refractivity contribution in [2.45, 2.75) is 13.0 Å². The number of hydrogen-bond acceptors (Lipinski definition) is 2. The third-order valence-electron chi connectivity index (χ3n) is 2.69. The van der Waals surface area contributed by atoms with Crippen molar-refractivity contribution in [2.75, 3.05) is 19.7 Å². The van der Waals surface area contributed by atoms with Crippen molar-refractivity contribution >= 4 is 21.8 Å². The Morgan fingerprint density at radius 2 is 2.35 bits per heavy atom. The molecule has 0 unspecified atom stereocenters. The zero-order valence-corrected chi connectivity index (χ0v) is 11.0. The fraction of sp³-hybridized carbons (Fsp3) is 0.417. The molecule has 0 bridgehead atoms. The molecule has 1 saturated heterocycles. The molecule has 1 aromatic rings. The maximum atomic E-state index is 13.6. The topological polar surface area (TPSA) is 29.5 Å². The first-order valence-electron chi connectivity index (χ1n) is 5.44. The Kier molecular flexibility index (Phi) is 3.79. The highest BCUT2D eigenvalue weighted by Gasteiger charge is 2.24. The summed E-state index contributed by atoms with van der Waals surface area (Å²) in [5.74, 6) is -0.767. The van der Waals surface area contributed by atoms with Gasteiger partial charge in [0.15, 0.2) is 0 Å². The van der Waals surface area contributed by atoms with Gasteiger partial charge in [-0.3, -0.25) is 4.79 Å². The van der Waals surface area contributed by atoms with Crippen LogP contribution in [-0.4, -0.2) is 36.6 Å². The fourth-order valence-corrected chi connectivity index (χ4v) is 2.20. The second-order valence-corrected chi connectivity index (χ2v) is 4.97. The largest absolute Gasteiger partial charge is 0.375 e. The van der Waals surface area contributed by atoms with E-state index in [4.69, 9.17) is 4.74 Å². The summed E-state index contributed by atoms with van der Waals surface area (Å²) in [6.45, 7) is 3.42. The summed E-state index contributed by atoms with van der Waals surface area (Å²) < 4.78 is 19.6. The van der Waals surface area contributed by atoms with Crippen molar-refractivity contribution in [3.63, 3.8) is 0 Å². The van der Waals surface area contributed by atoms with Crippen LogP contribution in [0.3, 0.4) is 0 Å². The van der Waals surface area contributed by atoms with E-state index in [0.29, 0.717) is 24.2 Å². The summed E-state index contributed by atoms with van der Waals surface area (Å²) in [6, 6.07) is 4.38. The molecule has 5 heteroatoms. The van der Waals surface area contributed by atoms with E-state index >= 15 is 0 Å². The maximum Gasteiger partial charge on any atom is 0.257 e. The number of hydrogen-bond donors (Lipinski definition) is 0. The summed E-state index contributed by atoms with van der Waals surface area (Å²) in [5, 5.41) is 0. The van der Waals surface area contributed by atoms with Crippen LogP contribution < -0.4 is 0 Å². The van der Waals surface area contributed by atoms with E-state index in [0.717, 1.165) is 0 Å². The molecule has 0 spiro atoms. The maximum absolute atomic E-state index is 13.6. The van der Waals surface area contributed by atoms with Gasteiger partial charge in [-0.2, -0.15) is 0 Å². The minimum atomic E-state index is -0.489. The van der Waals surface area contributed by atoms with Gasteiger partial charge in [-0.15, -0.1) is 0 Å². The average Bonchev–Trinajstić information content (AvgIpc) is 2.31. The Balaban J connectivity index is 2.21. The first-order valence-corrected chi connectivity index (χ1v) is 6.23. The molecule has 1 heterocycles. The zero-order chi connectivity index (χ0) is 12.4. The van der Waals surface area contributed by atoms with E-state index in [1.54, 1.807) is 11.0 Å². The van der Waals surface area contributed by atoms with Gasteiger partial charge in [-0.1, -0.05) is 15.9 Å². The first-order chi connectivity index (χ1) is 8.08. The monoisotopic (exact) mass is 301 g/mol. The molecule has 1 aromatic carbocycles. The molecule has 1 amide bonds.